The van der Waals surface area contributed by atoms with Crippen LogP contribution in [0, 0.1) is 6.92 Å². The summed E-state index contributed by atoms with van der Waals surface area (Å²) in [5.41, 5.74) is 0. The Morgan fingerprint density at radius 1 is 1.33 bits per heavy atom. The van der Waals surface area contributed by atoms with Crippen LogP contribution in [0.2, 0.25) is 0 Å². The molecular formula is C10H9N3O2. The lowest BCUT2D eigenvalue weighted by Crippen LogP contribution is -2.12. The summed E-state index contributed by atoms with van der Waals surface area (Å²) in [4.78, 5) is 19.3. The highest BCUT2D eigenvalue weighted by atomic mass is 16.3. The third-order valence-corrected chi connectivity index (χ3v) is 1.76. The van der Waals surface area contributed by atoms with Crippen LogP contribution in [-0.4, -0.2) is 15.9 Å². The Kier molecular flexibility index (Phi) is 2.45. The molecule has 0 atom stereocenters. The van der Waals surface area contributed by atoms with E-state index in [9.17, 15) is 4.79 Å². The molecular weight excluding hydrogens is 194 g/mol. The van der Waals surface area contributed by atoms with Crippen molar-refractivity contribution in [1.82, 2.24) is 9.97 Å². The van der Waals surface area contributed by atoms with E-state index >= 15 is 0 Å². The molecule has 76 valence electrons. The standard InChI is InChI=1S/C10H9N3O2/c1-7-3-4-8(15-7)9(14)13-10-11-5-2-6-12-10/h2-6H,1H3,(H,11,12,13,14). The first-order chi connectivity index (χ1) is 7.25. The lowest BCUT2D eigenvalue weighted by Gasteiger charge is -1.99. The van der Waals surface area contributed by atoms with Gasteiger partial charge in [0.05, 0.1) is 0 Å². The number of nitrogens with one attached hydrogen (secondary N) is 1. The summed E-state index contributed by atoms with van der Waals surface area (Å²) in [6.45, 7) is 1.77. The number of carbonyl (C=O) groups excluding carboxylic acids is 1. The fraction of sp³-hybridized carbons (Fsp3) is 0.100. The van der Waals surface area contributed by atoms with E-state index in [1.807, 2.05) is 0 Å². The van der Waals surface area contributed by atoms with Crippen molar-refractivity contribution in [2.75, 3.05) is 5.32 Å². The number of rotatable bonds is 2. The SMILES string of the molecule is Cc1ccc(C(=O)Nc2ncccn2)o1. The Bertz CT molecular complexity index is 465. The molecule has 1 N–H and O–H groups in total. The van der Waals surface area contributed by atoms with Crippen molar-refractivity contribution >= 4 is 11.9 Å². The molecule has 5 nitrogen and oxygen atoms in total. The van der Waals surface area contributed by atoms with Crippen molar-refractivity contribution in [3.63, 3.8) is 0 Å². The Morgan fingerprint density at radius 3 is 2.67 bits per heavy atom. The average molecular weight is 203 g/mol. The van der Waals surface area contributed by atoms with Gasteiger partial charge in [0.15, 0.2) is 5.76 Å². The summed E-state index contributed by atoms with van der Waals surface area (Å²) in [6, 6.07) is 5.00. The second-order valence-electron chi connectivity index (χ2n) is 2.94. The van der Waals surface area contributed by atoms with Crippen LogP contribution >= 0.6 is 0 Å². The summed E-state index contributed by atoms with van der Waals surface area (Å²) in [7, 11) is 0. The van der Waals surface area contributed by atoms with Crippen LogP contribution in [0.15, 0.2) is 35.0 Å². The molecule has 0 spiro atoms. The Balaban J connectivity index is 2.11. The fourth-order valence-corrected chi connectivity index (χ4v) is 1.08. The predicted octanol–water partition coefficient (Wildman–Crippen LogP) is 1.63. The molecule has 0 bridgehead atoms. The zero-order valence-electron chi connectivity index (χ0n) is 8.10. The maximum Gasteiger partial charge on any atom is 0.293 e. The first-order valence-electron chi connectivity index (χ1n) is 4.40. The monoisotopic (exact) mass is 203 g/mol. The number of amides is 1. The van der Waals surface area contributed by atoms with Gasteiger partial charge < -0.3 is 4.42 Å². The van der Waals surface area contributed by atoms with E-state index in [1.54, 1.807) is 37.5 Å². The van der Waals surface area contributed by atoms with Crippen LogP contribution < -0.4 is 5.32 Å². The van der Waals surface area contributed by atoms with Crippen molar-refractivity contribution in [1.29, 1.82) is 0 Å². The topological polar surface area (TPSA) is 68.0 Å². The number of aryl methyl sites for hydroxylation is 1. The van der Waals surface area contributed by atoms with E-state index in [1.165, 1.54) is 0 Å². The molecule has 2 aromatic rings. The van der Waals surface area contributed by atoms with Gasteiger partial charge in [0, 0.05) is 12.4 Å². The van der Waals surface area contributed by atoms with Crippen LogP contribution in [0.1, 0.15) is 16.3 Å². The van der Waals surface area contributed by atoms with Crippen LogP contribution in [0.25, 0.3) is 0 Å². The molecule has 0 saturated carbocycles. The fourth-order valence-electron chi connectivity index (χ4n) is 1.08. The molecule has 0 aromatic carbocycles. The van der Waals surface area contributed by atoms with E-state index in [0.717, 1.165) is 0 Å². The Morgan fingerprint density at radius 2 is 2.07 bits per heavy atom. The van der Waals surface area contributed by atoms with Gasteiger partial charge >= 0.3 is 0 Å². The van der Waals surface area contributed by atoms with Gasteiger partial charge in [0.2, 0.25) is 5.95 Å². The zero-order valence-corrected chi connectivity index (χ0v) is 8.10. The van der Waals surface area contributed by atoms with Crippen LogP contribution in [0.5, 0.6) is 0 Å². The van der Waals surface area contributed by atoms with E-state index in [2.05, 4.69) is 15.3 Å². The van der Waals surface area contributed by atoms with Crippen molar-refractivity contribution in [3.8, 4) is 0 Å². The molecule has 0 saturated heterocycles. The van der Waals surface area contributed by atoms with Crippen LogP contribution in [0.3, 0.4) is 0 Å². The Labute approximate surface area is 86.2 Å². The molecule has 0 radical (unpaired) electrons. The van der Waals surface area contributed by atoms with E-state index in [0.29, 0.717) is 5.76 Å². The first-order valence-corrected chi connectivity index (χ1v) is 4.40. The number of furan rings is 1. The maximum atomic E-state index is 11.5. The van der Waals surface area contributed by atoms with Crippen molar-refractivity contribution in [2.24, 2.45) is 0 Å². The Hall–Kier alpha value is -2.17. The lowest BCUT2D eigenvalue weighted by molar-refractivity contribution is 0.0994. The van der Waals surface area contributed by atoms with Crippen molar-refractivity contribution in [3.05, 3.63) is 42.1 Å². The summed E-state index contributed by atoms with van der Waals surface area (Å²) >= 11 is 0. The highest BCUT2D eigenvalue weighted by molar-refractivity contribution is 6.01. The molecule has 0 aliphatic rings. The molecule has 0 unspecified atom stereocenters. The quantitative estimate of drug-likeness (QED) is 0.805. The van der Waals surface area contributed by atoms with Gasteiger partial charge in [0.1, 0.15) is 5.76 Å². The van der Waals surface area contributed by atoms with Gasteiger partial charge in [-0.3, -0.25) is 10.1 Å². The normalized spacial score (nSPS) is 9.93. The number of anilines is 1. The molecule has 2 aromatic heterocycles. The second-order valence-corrected chi connectivity index (χ2v) is 2.94. The van der Waals surface area contributed by atoms with Crippen molar-refractivity contribution in [2.45, 2.75) is 6.92 Å². The van der Waals surface area contributed by atoms with Gasteiger partial charge in [-0.2, -0.15) is 0 Å². The van der Waals surface area contributed by atoms with Crippen LogP contribution in [0.4, 0.5) is 5.95 Å². The minimum atomic E-state index is -0.352. The minimum absolute atomic E-state index is 0.250. The summed E-state index contributed by atoms with van der Waals surface area (Å²) in [5, 5.41) is 2.52. The predicted molar refractivity (Wildman–Crippen MR) is 53.4 cm³/mol. The van der Waals surface area contributed by atoms with Crippen LogP contribution in [-0.2, 0) is 0 Å². The number of aromatic nitrogens is 2. The maximum absolute atomic E-state index is 11.5. The van der Waals surface area contributed by atoms with E-state index < -0.39 is 0 Å². The van der Waals surface area contributed by atoms with Gasteiger partial charge in [0.25, 0.3) is 5.91 Å². The summed E-state index contributed by atoms with van der Waals surface area (Å²) < 4.78 is 5.15. The summed E-state index contributed by atoms with van der Waals surface area (Å²) in [5.74, 6) is 0.847. The van der Waals surface area contributed by atoms with Gasteiger partial charge in [-0.15, -0.1) is 0 Å². The van der Waals surface area contributed by atoms with Gasteiger partial charge in [-0.1, -0.05) is 0 Å². The number of carbonyl (C=O) groups is 1. The third kappa shape index (κ3) is 2.19. The first kappa shape index (κ1) is 9.39. The smallest absolute Gasteiger partial charge is 0.293 e. The molecule has 2 rings (SSSR count). The number of hydrogen-bond acceptors (Lipinski definition) is 4. The molecule has 5 heteroatoms. The van der Waals surface area contributed by atoms with E-state index in [4.69, 9.17) is 4.42 Å². The van der Waals surface area contributed by atoms with Gasteiger partial charge in [-0.25, -0.2) is 9.97 Å². The zero-order chi connectivity index (χ0) is 10.7. The minimum Gasteiger partial charge on any atom is -0.456 e. The number of nitrogens with zero attached hydrogens (tertiary/aromatic N) is 2. The second kappa shape index (κ2) is 3.91. The number of hydrogen-bond donors (Lipinski definition) is 1. The molecule has 0 fully saturated rings. The lowest BCUT2D eigenvalue weighted by atomic mass is 10.4. The summed E-state index contributed by atoms with van der Waals surface area (Å²) in [6.07, 6.45) is 3.10. The molecule has 15 heavy (non-hydrogen) atoms. The average Bonchev–Trinajstić information content (AvgIpc) is 2.66. The van der Waals surface area contributed by atoms with Gasteiger partial charge in [-0.05, 0) is 25.1 Å². The van der Waals surface area contributed by atoms with E-state index in [-0.39, 0.29) is 17.6 Å². The highest BCUT2D eigenvalue weighted by Gasteiger charge is 2.10. The highest BCUT2D eigenvalue weighted by Crippen LogP contribution is 2.07. The largest absolute Gasteiger partial charge is 0.456 e. The molecule has 2 heterocycles. The molecule has 0 aliphatic carbocycles. The van der Waals surface area contributed by atoms with Crippen molar-refractivity contribution < 1.29 is 9.21 Å². The molecule has 1 amide bonds. The third-order valence-electron chi connectivity index (χ3n) is 1.76. The molecule has 0 aliphatic heterocycles.